The number of rotatable bonds is 7. The number of Topliss-reactive ketones (excluding diaryl/α,β-unsaturated/α-hetero) is 2. The second kappa shape index (κ2) is 9.52. The maximum Gasteiger partial charge on any atom is 0.216 e. The molecule has 0 aromatic rings. The number of allylic oxidation sites excluding steroid dienone is 1. The number of ketones is 2. The highest BCUT2D eigenvalue weighted by Crippen LogP contribution is 2.66. The predicted octanol–water partition coefficient (Wildman–Crippen LogP) is 4.86. The molecule has 9 atom stereocenters. The van der Waals surface area contributed by atoms with E-state index in [9.17, 15) is 19.5 Å². The molecule has 0 radical (unpaired) electrons. The Kier molecular flexibility index (Phi) is 7.17. The summed E-state index contributed by atoms with van der Waals surface area (Å²) in [6, 6.07) is 0. The molecule has 4 aliphatic rings. The average molecular weight is 472 g/mol. The fraction of sp³-hybridized carbons (Fsp3) is 0.828. The molecule has 4 aliphatic carbocycles. The molecular formula is C29H45NO4. The molecule has 190 valence electrons. The summed E-state index contributed by atoms with van der Waals surface area (Å²) in [5.41, 5.74) is 1.52. The van der Waals surface area contributed by atoms with E-state index in [1.807, 2.05) is 6.92 Å². The van der Waals surface area contributed by atoms with Crippen molar-refractivity contribution in [3.63, 3.8) is 0 Å². The van der Waals surface area contributed by atoms with Gasteiger partial charge in [0.05, 0.1) is 6.10 Å². The standard InChI is InChI=1S/C29H45NO4/c1-17(16-30-19(3)31)6-9-25(33)18(2)27-26(34)15-24-22-8-7-20-14-21(32)10-12-28(20,4)23(22)11-13-29(24,27)5/h7,17-18,21-24,27,32H,6,8-16H2,1-5H3,(H,30,31)/t17-,18+,21-,22+,23+,24-,27+,28-,29-/m0/s1. The second-order valence-corrected chi connectivity index (χ2v) is 12.7. The van der Waals surface area contributed by atoms with Crippen LogP contribution in [0.4, 0.5) is 0 Å². The van der Waals surface area contributed by atoms with E-state index in [1.54, 1.807) is 0 Å². The van der Waals surface area contributed by atoms with Crippen LogP contribution in [-0.4, -0.2) is 35.2 Å². The molecule has 0 unspecified atom stereocenters. The first kappa shape index (κ1) is 25.6. The van der Waals surface area contributed by atoms with Gasteiger partial charge in [0.25, 0.3) is 0 Å². The van der Waals surface area contributed by atoms with Crippen LogP contribution in [0.5, 0.6) is 0 Å². The third-order valence-corrected chi connectivity index (χ3v) is 10.6. The van der Waals surface area contributed by atoms with Crippen molar-refractivity contribution in [2.45, 2.75) is 98.5 Å². The fourth-order valence-electron chi connectivity index (χ4n) is 8.54. The number of amides is 1. The van der Waals surface area contributed by atoms with Gasteiger partial charge in [-0.25, -0.2) is 0 Å². The van der Waals surface area contributed by atoms with Crippen LogP contribution in [0.15, 0.2) is 11.6 Å². The Morgan fingerprint density at radius 1 is 1.15 bits per heavy atom. The largest absolute Gasteiger partial charge is 0.393 e. The fourth-order valence-corrected chi connectivity index (χ4v) is 8.54. The zero-order valence-electron chi connectivity index (χ0n) is 21.9. The van der Waals surface area contributed by atoms with Gasteiger partial charge in [-0.15, -0.1) is 0 Å². The van der Waals surface area contributed by atoms with Crippen molar-refractivity contribution < 1.29 is 19.5 Å². The van der Waals surface area contributed by atoms with Gasteiger partial charge in [-0.1, -0.05) is 39.3 Å². The van der Waals surface area contributed by atoms with Crippen molar-refractivity contribution in [2.75, 3.05) is 6.54 Å². The SMILES string of the molecule is CC(=O)NC[C@@H](C)CCC(=O)[C@@H](C)[C@@H]1C(=O)C[C@H]2[C@@H]3CC=C4C[C@@H](O)CC[C@]4(C)[C@@H]3CC[C@@]21C. The van der Waals surface area contributed by atoms with Crippen molar-refractivity contribution in [1.82, 2.24) is 5.32 Å². The van der Waals surface area contributed by atoms with Crippen molar-refractivity contribution in [1.29, 1.82) is 0 Å². The molecule has 0 saturated heterocycles. The summed E-state index contributed by atoms with van der Waals surface area (Å²) in [5.74, 6) is 1.78. The van der Waals surface area contributed by atoms with Crippen LogP contribution in [0.2, 0.25) is 0 Å². The molecule has 2 N–H and O–H groups in total. The van der Waals surface area contributed by atoms with Gasteiger partial charge in [0.2, 0.25) is 5.91 Å². The second-order valence-electron chi connectivity index (χ2n) is 12.7. The molecule has 1 amide bonds. The number of nitrogens with one attached hydrogen (secondary N) is 1. The quantitative estimate of drug-likeness (QED) is 0.519. The first-order valence-electron chi connectivity index (χ1n) is 13.6. The Morgan fingerprint density at radius 2 is 1.88 bits per heavy atom. The molecule has 0 heterocycles. The van der Waals surface area contributed by atoms with Crippen LogP contribution in [0, 0.1) is 46.3 Å². The van der Waals surface area contributed by atoms with E-state index in [0.29, 0.717) is 42.9 Å². The van der Waals surface area contributed by atoms with Gasteiger partial charge in [-0.2, -0.15) is 0 Å². The number of fused-ring (bicyclic) bond motifs is 5. The Labute approximate surface area is 205 Å². The monoisotopic (exact) mass is 471 g/mol. The van der Waals surface area contributed by atoms with Gasteiger partial charge < -0.3 is 10.4 Å². The van der Waals surface area contributed by atoms with Gasteiger partial charge in [-0.05, 0) is 79.4 Å². The van der Waals surface area contributed by atoms with Crippen LogP contribution in [-0.2, 0) is 14.4 Å². The van der Waals surface area contributed by atoms with E-state index >= 15 is 0 Å². The lowest BCUT2D eigenvalue weighted by Gasteiger charge is -2.58. The van der Waals surface area contributed by atoms with Gasteiger partial charge in [0.1, 0.15) is 11.6 Å². The van der Waals surface area contributed by atoms with Crippen molar-refractivity contribution >= 4 is 17.5 Å². The first-order chi connectivity index (χ1) is 16.0. The van der Waals surface area contributed by atoms with Crippen LogP contribution >= 0.6 is 0 Å². The van der Waals surface area contributed by atoms with Gasteiger partial charge in [0, 0.05) is 38.1 Å². The zero-order chi connectivity index (χ0) is 24.8. The van der Waals surface area contributed by atoms with Gasteiger partial charge in [0.15, 0.2) is 0 Å². The molecule has 5 nitrogen and oxygen atoms in total. The minimum Gasteiger partial charge on any atom is -0.393 e. The molecule has 3 fully saturated rings. The van der Waals surface area contributed by atoms with Crippen LogP contribution in [0.1, 0.15) is 92.4 Å². The lowest BCUT2D eigenvalue weighted by Crippen LogP contribution is -2.51. The smallest absolute Gasteiger partial charge is 0.216 e. The maximum atomic E-state index is 13.4. The Hall–Kier alpha value is -1.49. The molecule has 34 heavy (non-hydrogen) atoms. The summed E-state index contributed by atoms with van der Waals surface area (Å²) >= 11 is 0. The van der Waals surface area contributed by atoms with Crippen LogP contribution in [0.25, 0.3) is 0 Å². The summed E-state index contributed by atoms with van der Waals surface area (Å²) in [6.07, 6.45) is 9.96. The molecular weight excluding hydrogens is 426 g/mol. The molecule has 0 aromatic heterocycles. The summed E-state index contributed by atoms with van der Waals surface area (Å²) in [7, 11) is 0. The number of carbonyl (C=O) groups is 3. The third kappa shape index (κ3) is 4.42. The topological polar surface area (TPSA) is 83.5 Å². The van der Waals surface area contributed by atoms with Crippen LogP contribution < -0.4 is 5.32 Å². The van der Waals surface area contributed by atoms with E-state index in [4.69, 9.17) is 0 Å². The number of hydrogen-bond acceptors (Lipinski definition) is 4. The Morgan fingerprint density at radius 3 is 2.59 bits per heavy atom. The molecule has 0 bridgehead atoms. The van der Waals surface area contributed by atoms with E-state index in [-0.39, 0.29) is 46.4 Å². The third-order valence-electron chi connectivity index (χ3n) is 10.6. The molecule has 3 saturated carbocycles. The zero-order valence-corrected chi connectivity index (χ0v) is 21.9. The highest BCUT2D eigenvalue weighted by atomic mass is 16.3. The molecule has 0 aliphatic heterocycles. The van der Waals surface area contributed by atoms with Crippen molar-refractivity contribution in [3.05, 3.63) is 11.6 Å². The summed E-state index contributed by atoms with van der Waals surface area (Å²) in [4.78, 5) is 37.8. The van der Waals surface area contributed by atoms with E-state index in [1.165, 1.54) is 12.5 Å². The van der Waals surface area contributed by atoms with Crippen molar-refractivity contribution in [3.8, 4) is 0 Å². The lowest BCUT2D eigenvalue weighted by atomic mass is 9.47. The van der Waals surface area contributed by atoms with E-state index in [2.05, 4.69) is 32.2 Å². The summed E-state index contributed by atoms with van der Waals surface area (Å²) in [5, 5.41) is 13.1. The number of aliphatic hydroxyl groups excluding tert-OH is 1. The normalized spacial score (nSPS) is 40.9. The minimum absolute atomic E-state index is 0.0411. The lowest BCUT2D eigenvalue weighted by molar-refractivity contribution is -0.134. The summed E-state index contributed by atoms with van der Waals surface area (Å²) in [6.45, 7) is 10.9. The minimum atomic E-state index is -0.234. The average Bonchev–Trinajstić information content (AvgIpc) is 3.05. The maximum absolute atomic E-state index is 13.4. The molecule has 5 heteroatoms. The van der Waals surface area contributed by atoms with E-state index < -0.39 is 0 Å². The molecule has 0 spiro atoms. The highest BCUT2D eigenvalue weighted by molar-refractivity contribution is 5.92. The molecule has 0 aromatic carbocycles. The number of carbonyl (C=O) groups excluding carboxylic acids is 3. The highest BCUT2D eigenvalue weighted by Gasteiger charge is 2.62. The number of hydrogen-bond donors (Lipinski definition) is 2. The summed E-state index contributed by atoms with van der Waals surface area (Å²) < 4.78 is 0. The Balaban J connectivity index is 1.46. The first-order valence-corrected chi connectivity index (χ1v) is 13.6. The van der Waals surface area contributed by atoms with Gasteiger partial charge >= 0.3 is 0 Å². The van der Waals surface area contributed by atoms with Crippen LogP contribution in [0.3, 0.4) is 0 Å². The van der Waals surface area contributed by atoms with E-state index in [0.717, 1.165) is 44.9 Å². The Bertz CT molecular complexity index is 864. The predicted molar refractivity (Wildman–Crippen MR) is 133 cm³/mol. The van der Waals surface area contributed by atoms with Gasteiger partial charge in [-0.3, -0.25) is 14.4 Å². The van der Waals surface area contributed by atoms with Crippen molar-refractivity contribution in [2.24, 2.45) is 46.3 Å². The molecule has 4 rings (SSSR count). The number of aliphatic hydroxyl groups is 1.